The van der Waals surface area contributed by atoms with Crippen LogP contribution >= 0.6 is 0 Å². The van der Waals surface area contributed by atoms with Gasteiger partial charge in [-0.25, -0.2) is 0 Å². The molecule has 1 aliphatic rings. The smallest absolute Gasteiger partial charge is 0.211 e. The highest BCUT2D eigenvalue weighted by atomic mass is 16.5. The molecule has 2 rings (SSSR count). The summed E-state index contributed by atoms with van der Waals surface area (Å²) >= 11 is 0. The zero-order valence-electron chi connectivity index (χ0n) is 17.5. The molecule has 0 bridgehead atoms. The van der Waals surface area contributed by atoms with E-state index in [9.17, 15) is 4.79 Å². The molecule has 2 heteroatoms. The minimum atomic E-state index is -0.208. The van der Waals surface area contributed by atoms with Crippen molar-refractivity contribution in [2.45, 2.75) is 91.1 Å². The van der Waals surface area contributed by atoms with Crippen LogP contribution in [0.15, 0.2) is 24.3 Å². The van der Waals surface area contributed by atoms with Crippen molar-refractivity contribution in [2.24, 2.45) is 5.41 Å². The lowest BCUT2D eigenvalue weighted by Gasteiger charge is -2.24. The van der Waals surface area contributed by atoms with Gasteiger partial charge in [0, 0.05) is 18.4 Å². The summed E-state index contributed by atoms with van der Waals surface area (Å²) in [5, 5.41) is 0. The Hall–Kier alpha value is -1.59. The molecule has 1 saturated carbocycles. The lowest BCUT2D eigenvalue weighted by Crippen LogP contribution is -2.27. The van der Waals surface area contributed by atoms with Gasteiger partial charge < -0.3 is 4.74 Å². The summed E-state index contributed by atoms with van der Waals surface area (Å²) in [6.07, 6.45) is 10.5. The van der Waals surface area contributed by atoms with E-state index in [0.29, 0.717) is 6.61 Å². The second-order valence-electron chi connectivity index (χ2n) is 7.86. The second kappa shape index (κ2) is 11.3. The van der Waals surface area contributed by atoms with E-state index in [2.05, 4.69) is 50.0 Å². The van der Waals surface area contributed by atoms with Gasteiger partial charge in [-0.15, -0.1) is 0 Å². The van der Waals surface area contributed by atoms with Crippen LogP contribution in [0.2, 0.25) is 0 Å². The van der Waals surface area contributed by atoms with Gasteiger partial charge in [-0.2, -0.15) is 0 Å². The number of ether oxygens (including phenoxy) is 1. The maximum Gasteiger partial charge on any atom is 0.211 e. The van der Waals surface area contributed by atoms with Gasteiger partial charge in [0.25, 0.3) is 0 Å². The van der Waals surface area contributed by atoms with Crippen LogP contribution in [0.1, 0.15) is 83.3 Å². The van der Waals surface area contributed by atoms with Crippen LogP contribution in [0, 0.1) is 17.3 Å². The first-order valence-electron chi connectivity index (χ1n) is 10.9. The number of carbonyl (C=O) groups excluding carboxylic acids is 1. The summed E-state index contributed by atoms with van der Waals surface area (Å²) in [5.41, 5.74) is 2.37. The molecule has 0 spiro atoms. The van der Waals surface area contributed by atoms with Crippen molar-refractivity contribution in [1.82, 2.24) is 0 Å². The van der Waals surface area contributed by atoms with Gasteiger partial charge in [-0.1, -0.05) is 76.1 Å². The predicted octanol–water partition coefficient (Wildman–Crippen LogP) is 5.91. The van der Waals surface area contributed by atoms with E-state index in [1.54, 1.807) is 0 Å². The Kier molecular flexibility index (Phi) is 9.08. The molecular formula is C25H36O2. The summed E-state index contributed by atoms with van der Waals surface area (Å²) in [7, 11) is 0. The fraction of sp³-hybridized carbons (Fsp3) is 0.640. The zero-order chi connectivity index (χ0) is 19.5. The van der Waals surface area contributed by atoms with Crippen LogP contribution in [0.3, 0.4) is 0 Å². The molecule has 0 saturated heterocycles. The molecule has 1 fully saturated rings. The third-order valence-corrected chi connectivity index (χ3v) is 5.87. The van der Waals surface area contributed by atoms with E-state index in [1.165, 1.54) is 24.0 Å². The van der Waals surface area contributed by atoms with Gasteiger partial charge in [0.2, 0.25) is 5.78 Å². The van der Waals surface area contributed by atoms with Gasteiger partial charge in [-0.05, 0) is 49.7 Å². The lowest BCUT2D eigenvalue weighted by atomic mass is 9.77. The molecule has 1 unspecified atom stereocenters. The van der Waals surface area contributed by atoms with Crippen molar-refractivity contribution in [3.05, 3.63) is 35.4 Å². The third-order valence-electron chi connectivity index (χ3n) is 5.87. The quantitative estimate of drug-likeness (QED) is 0.291. The molecule has 0 radical (unpaired) electrons. The first kappa shape index (κ1) is 21.7. The Morgan fingerprint density at radius 3 is 2.33 bits per heavy atom. The predicted molar refractivity (Wildman–Crippen MR) is 113 cm³/mol. The number of unbranched alkanes of at least 4 members (excludes halogenated alkanes) is 2. The fourth-order valence-electron chi connectivity index (χ4n) is 4.11. The van der Waals surface area contributed by atoms with Gasteiger partial charge in [0.1, 0.15) is 6.10 Å². The third kappa shape index (κ3) is 6.51. The number of aryl methyl sites for hydroxylation is 1. The highest BCUT2D eigenvalue weighted by Crippen LogP contribution is 2.43. The van der Waals surface area contributed by atoms with Gasteiger partial charge in [-0.3, -0.25) is 4.79 Å². The summed E-state index contributed by atoms with van der Waals surface area (Å²) in [6.45, 7) is 6.97. The maximum absolute atomic E-state index is 13.0. The Bertz CT molecular complexity index is 627. The topological polar surface area (TPSA) is 26.3 Å². The largest absolute Gasteiger partial charge is 0.365 e. The van der Waals surface area contributed by atoms with Crippen molar-refractivity contribution in [2.75, 3.05) is 6.61 Å². The van der Waals surface area contributed by atoms with E-state index in [4.69, 9.17) is 4.74 Å². The molecule has 1 aliphatic carbocycles. The number of ketones is 1. The van der Waals surface area contributed by atoms with E-state index in [-0.39, 0.29) is 17.3 Å². The van der Waals surface area contributed by atoms with Crippen molar-refractivity contribution in [1.29, 1.82) is 0 Å². The Morgan fingerprint density at radius 2 is 1.74 bits per heavy atom. The molecule has 0 aromatic heterocycles. The van der Waals surface area contributed by atoms with Crippen LogP contribution in [-0.2, 0) is 22.4 Å². The summed E-state index contributed by atoms with van der Waals surface area (Å²) < 4.78 is 5.82. The monoisotopic (exact) mass is 368 g/mol. The number of benzene rings is 1. The Labute approximate surface area is 166 Å². The van der Waals surface area contributed by atoms with E-state index in [0.717, 1.165) is 51.4 Å². The highest BCUT2D eigenvalue weighted by molar-refractivity contribution is 6.00. The first-order chi connectivity index (χ1) is 13.1. The SMILES string of the molecule is CCCCCC1(C(=O)C#CC(Cc2ccc(CC)cc2)OCC)CCCC1. The second-order valence-corrected chi connectivity index (χ2v) is 7.86. The van der Waals surface area contributed by atoms with E-state index < -0.39 is 0 Å². The van der Waals surface area contributed by atoms with Crippen LogP contribution in [0.4, 0.5) is 0 Å². The molecule has 0 aliphatic heterocycles. The van der Waals surface area contributed by atoms with Crippen molar-refractivity contribution < 1.29 is 9.53 Å². The average molecular weight is 369 g/mol. The van der Waals surface area contributed by atoms with E-state index >= 15 is 0 Å². The van der Waals surface area contributed by atoms with Crippen molar-refractivity contribution in [3.8, 4) is 11.8 Å². The lowest BCUT2D eigenvalue weighted by molar-refractivity contribution is -0.123. The average Bonchev–Trinajstić information content (AvgIpc) is 3.17. The van der Waals surface area contributed by atoms with Gasteiger partial charge in [0.15, 0.2) is 0 Å². The molecule has 0 heterocycles. The number of Topliss-reactive ketones (excluding diaryl/α,β-unsaturated/α-hetero) is 1. The Balaban J connectivity index is 2.05. The van der Waals surface area contributed by atoms with Gasteiger partial charge >= 0.3 is 0 Å². The highest BCUT2D eigenvalue weighted by Gasteiger charge is 2.39. The summed E-state index contributed by atoms with van der Waals surface area (Å²) in [6, 6.07) is 8.63. The standard InChI is InChI=1S/C25H36O2/c1-4-7-8-17-25(18-9-10-19-25)24(26)16-15-23(27-6-3)20-22-13-11-21(5-2)12-14-22/h11-14,23H,4-10,17-20H2,1-3H3. The fourth-order valence-corrected chi connectivity index (χ4v) is 4.11. The van der Waals surface area contributed by atoms with Crippen LogP contribution in [0.25, 0.3) is 0 Å². The first-order valence-corrected chi connectivity index (χ1v) is 10.9. The van der Waals surface area contributed by atoms with Crippen LogP contribution in [-0.4, -0.2) is 18.5 Å². The number of hydrogen-bond donors (Lipinski definition) is 0. The molecule has 0 N–H and O–H groups in total. The summed E-state index contributed by atoms with van der Waals surface area (Å²) in [5.74, 6) is 6.33. The molecule has 27 heavy (non-hydrogen) atoms. The van der Waals surface area contributed by atoms with Crippen molar-refractivity contribution >= 4 is 5.78 Å². The summed E-state index contributed by atoms with van der Waals surface area (Å²) in [4.78, 5) is 13.0. The molecule has 1 aromatic carbocycles. The number of rotatable bonds is 10. The number of carbonyl (C=O) groups is 1. The van der Waals surface area contributed by atoms with Crippen LogP contribution in [0.5, 0.6) is 0 Å². The minimum absolute atomic E-state index is 0.155. The minimum Gasteiger partial charge on any atom is -0.365 e. The molecule has 0 amide bonds. The molecular weight excluding hydrogens is 332 g/mol. The molecule has 148 valence electrons. The van der Waals surface area contributed by atoms with Gasteiger partial charge in [0.05, 0.1) is 0 Å². The van der Waals surface area contributed by atoms with E-state index in [1.807, 2.05) is 6.92 Å². The molecule has 2 nitrogen and oxygen atoms in total. The number of hydrogen-bond acceptors (Lipinski definition) is 2. The zero-order valence-corrected chi connectivity index (χ0v) is 17.5. The normalized spacial score (nSPS) is 16.6. The molecule has 1 atom stereocenters. The van der Waals surface area contributed by atoms with Crippen molar-refractivity contribution in [3.63, 3.8) is 0 Å². The Morgan fingerprint density at radius 1 is 1.07 bits per heavy atom. The molecule has 1 aromatic rings. The maximum atomic E-state index is 13.0. The van der Waals surface area contributed by atoms with Crippen LogP contribution < -0.4 is 0 Å².